The summed E-state index contributed by atoms with van der Waals surface area (Å²) in [4.78, 5) is 7.60. The van der Waals surface area contributed by atoms with E-state index in [0.717, 1.165) is 37.4 Å². The fraction of sp³-hybridized carbons (Fsp3) is 0.727. The van der Waals surface area contributed by atoms with Gasteiger partial charge in [-0.1, -0.05) is 6.07 Å². The molecule has 2 fully saturated rings. The summed E-state index contributed by atoms with van der Waals surface area (Å²) in [5, 5.41) is 19.9. The molecule has 0 radical (unpaired) electrons. The van der Waals surface area contributed by atoms with Crippen molar-refractivity contribution in [1.29, 1.82) is 0 Å². The van der Waals surface area contributed by atoms with Gasteiger partial charge in [-0.25, -0.2) is 0 Å². The van der Waals surface area contributed by atoms with Crippen LogP contribution in [0, 0.1) is 0 Å². The molecule has 2 aliphatic heterocycles. The van der Waals surface area contributed by atoms with Gasteiger partial charge in [0.2, 0.25) is 0 Å². The fourth-order valence-electron chi connectivity index (χ4n) is 4.83. The minimum atomic E-state index is 0.222. The average molecular weight is 392 g/mol. The summed E-state index contributed by atoms with van der Waals surface area (Å²) >= 11 is 0. The van der Waals surface area contributed by atoms with E-state index in [4.69, 9.17) is 4.74 Å². The molecule has 2 saturated heterocycles. The number of ether oxygens (including phenoxy) is 1. The van der Waals surface area contributed by atoms with Crippen molar-refractivity contribution in [2.45, 2.75) is 57.8 Å². The molecule has 158 valence electrons. The predicted molar refractivity (Wildman–Crippen MR) is 112 cm³/mol. The van der Waals surface area contributed by atoms with Gasteiger partial charge in [-0.3, -0.25) is 9.80 Å². The van der Waals surface area contributed by atoms with Gasteiger partial charge in [0.25, 0.3) is 0 Å². The van der Waals surface area contributed by atoms with Crippen LogP contribution in [0.15, 0.2) is 18.2 Å². The third-order valence-corrected chi connectivity index (χ3v) is 6.48. The minimum Gasteiger partial charge on any atom is -0.507 e. The van der Waals surface area contributed by atoms with Crippen LogP contribution in [0.25, 0.3) is 0 Å². The number of nitrogens with zero attached hydrogens (tertiary/aromatic N) is 3. The molecule has 6 nitrogen and oxygen atoms in total. The lowest BCUT2D eigenvalue weighted by molar-refractivity contribution is -0.000364. The highest BCUT2D eigenvalue weighted by molar-refractivity contribution is 5.43. The molecule has 0 spiro atoms. The van der Waals surface area contributed by atoms with E-state index < -0.39 is 0 Å². The maximum atomic E-state index is 10.3. The van der Waals surface area contributed by atoms with Crippen LogP contribution in [0.4, 0.5) is 0 Å². The molecule has 0 aliphatic carbocycles. The van der Waals surface area contributed by atoms with Gasteiger partial charge in [-0.05, 0) is 58.3 Å². The van der Waals surface area contributed by atoms with Crippen molar-refractivity contribution in [1.82, 2.24) is 14.7 Å². The maximum Gasteiger partial charge on any atom is 0.127 e. The molecule has 1 atom stereocenters. The molecular formula is C22H37N3O3. The molecule has 1 aromatic rings. The maximum absolute atomic E-state index is 10.3. The van der Waals surface area contributed by atoms with E-state index in [1.54, 1.807) is 13.2 Å². The van der Waals surface area contributed by atoms with Gasteiger partial charge in [0.15, 0.2) is 0 Å². The molecule has 0 bridgehead atoms. The van der Waals surface area contributed by atoms with Gasteiger partial charge in [-0.2, -0.15) is 0 Å². The van der Waals surface area contributed by atoms with Crippen LogP contribution in [0.5, 0.6) is 11.5 Å². The number of phenols is 1. The summed E-state index contributed by atoms with van der Waals surface area (Å²) in [6.45, 7) is 10.7. The molecule has 2 aliphatic rings. The third kappa shape index (κ3) is 4.98. The van der Waals surface area contributed by atoms with Gasteiger partial charge < -0.3 is 19.8 Å². The quantitative estimate of drug-likeness (QED) is 0.743. The van der Waals surface area contributed by atoms with E-state index in [1.807, 2.05) is 12.1 Å². The number of aliphatic hydroxyl groups is 1. The normalized spacial score (nSPS) is 23.4. The Kier molecular flexibility index (Phi) is 7.57. The highest BCUT2D eigenvalue weighted by Crippen LogP contribution is 2.30. The summed E-state index contributed by atoms with van der Waals surface area (Å²) < 4.78 is 5.45. The smallest absolute Gasteiger partial charge is 0.127 e. The van der Waals surface area contributed by atoms with Crippen molar-refractivity contribution in [2.75, 3.05) is 46.4 Å². The van der Waals surface area contributed by atoms with Crippen LogP contribution >= 0.6 is 0 Å². The molecule has 2 heterocycles. The Morgan fingerprint density at radius 2 is 1.89 bits per heavy atom. The first kappa shape index (κ1) is 21.4. The van der Waals surface area contributed by atoms with E-state index in [1.165, 1.54) is 25.9 Å². The fourth-order valence-corrected chi connectivity index (χ4v) is 4.83. The Morgan fingerprint density at radius 1 is 1.14 bits per heavy atom. The lowest BCUT2D eigenvalue weighted by Crippen LogP contribution is -2.58. The number of aromatic hydroxyl groups is 1. The van der Waals surface area contributed by atoms with E-state index in [-0.39, 0.29) is 6.61 Å². The number of benzene rings is 1. The lowest BCUT2D eigenvalue weighted by atomic mass is 9.97. The zero-order chi connectivity index (χ0) is 20.1. The number of phenolic OH excluding ortho intramolecular Hbond substituents is 1. The number of rotatable bonds is 7. The highest BCUT2D eigenvalue weighted by Gasteiger charge is 2.34. The molecule has 2 N–H and O–H groups in total. The first-order chi connectivity index (χ1) is 13.5. The van der Waals surface area contributed by atoms with E-state index in [2.05, 4.69) is 28.5 Å². The predicted octanol–water partition coefficient (Wildman–Crippen LogP) is 2.14. The van der Waals surface area contributed by atoms with Gasteiger partial charge in [0.1, 0.15) is 11.5 Å². The summed E-state index contributed by atoms with van der Waals surface area (Å²) in [6.07, 6.45) is 3.24. The summed E-state index contributed by atoms with van der Waals surface area (Å²) in [5.41, 5.74) is 0.853. The lowest BCUT2D eigenvalue weighted by Gasteiger charge is -2.48. The molecule has 0 aromatic heterocycles. The number of likely N-dealkylation sites (tertiary alicyclic amines) is 1. The first-order valence-electron chi connectivity index (χ1n) is 10.7. The molecule has 6 heteroatoms. The molecule has 1 aromatic carbocycles. The van der Waals surface area contributed by atoms with Gasteiger partial charge in [0.05, 0.1) is 7.11 Å². The second-order valence-corrected chi connectivity index (χ2v) is 8.46. The van der Waals surface area contributed by atoms with Gasteiger partial charge in [0, 0.05) is 56.5 Å². The molecule has 1 unspecified atom stereocenters. The number of methoxy groups -OCH3 is 1. The third-order valence-electron chi connectivity index (χ3n) is 6.48. The van der Waals surface area contributed by atoms with Crippen molar-refractivity contribution < 1.29 is 14.9 Å². The van der Waals surface area contributed by atoms with Crippen LogP contribution < -0.4 is 4.74 Å². The first-order valence-corrected chi connectivity index (χ1v) is 10.7. The van der Waals surface area contributed by atoms with Crippen LogP contribution in [0.3, 0.4) is 0 Å². The largest absolute Gasteiger partial charge is 0.507 e. The monoisotopic (exact) mass is 391 g/mol. The van der Waals surface area contributed by atoms with Crippen molar-refractivity contribution in [3.63, 3.8) is 0 Å². The molecular weight excluding hydrogens is 354 g/mol. The van der Waals surface area contributed by atoms with Crippen LogP contribution in [0.1, 0.15) is 38.7 Å². The van der Waals surface area contributed by atoms with Crippen LogP contribution in [0.2, 0.25) is 0 Å². The zero-order valence-corrected chi connectivity index (χ0v) is 17.7. The second kappa shape index (κ2) is 9.92. The number of piperidine rings is 1. The highest BCUT2D eigenvalue weighted by atomic mass is 16.5. The molecule has 28 heavy (non-hydrogen) atoms. The second-order valence-electron chi connectivity index (χ2n) is 8.46. The van der Waals surface area contributed by atoms with E-state index in [0.29, 0.717) is 30.4 Å². The average Bonchev–Trinajstić information content (AvgIpc) is 2.70. The molecule has 0 saturated carbocycles. The van der Waals surface area contributed by atoms with Crippen molar-refractivity contribution in [2.24, 2.45) is 0 Å². The summed E-state index contributed by atoms with van der Waals surface area (Å²) in [7, 11) is 1.65. The Labute approximate surface area is 169 Å². The standard InChI is InChI=1S/C22H37N3O3/c1-17(2)24-10-7-18(8-11-24)25-13-12-23(15-19(25)9-14-26)16-20-21(27)5-4-6-22(20)28-3/h4-6,17-19,26-27H,7-16H2,1-3H3. The number of hydrogen-bond donors (Lipinski definition) is 2. The number of hydrogen-bond acceptors (Lipinski definition) is 6. The minimum absolute atomic E-state index is 0.222. The Hall–Kier alpha value is -1.34. The number of piperazine rings is 1. The number of aliphatic hydroxyl groups excluding tert-OH is 1. The van der Waals surface area contributed by atoms with Crippen molar-refractivity contribution >= 4 is 0 Å². The van der Waals surface area contributed by atoms with E-state index in [9.17, 15) is 10.2 Å². The van der Waals surface area contributed by atoms with Gasteiger partial charge >= 0.3 is 0 Å². The van der Waals surface area contributed by atoms with Crippen molar-refractivity contribution in [3.8, 4) is 11.5 Å². The topological polar surface area (TPSA) is 59.4 Å². The van der Waals surface area contributed by atoms with Crippen LogP contribution in [-0.4, -0.2) is 89.5 Å². The Morgan fingerprint density at radius 3 is 2.54 bits per heavy atom. The Balaban J connectivity index is 1.63. The van der Waals surface area contributed by atoms with E-state index >= 15 is 0 Å². The van der Waals surface area contributed by atoms with Crippen molar-refractivity contribution in [3.05, 3.63) is 23.8 Å². The zero-order valence-electron chi connectivity index (χ0n) is 17.7. The summed E-state index contributed by atoms with van der Waals surface area (Å²) in [6, 6.07) is 7.05. The summed E-state index contributed by atoms with van der Waals surface area (Å²) in [5.74, 6) is 1.03. The Bertz CT molecular complexity index is 617. The SMILES string of the molecule is COc1cccc(O)c1CN1CCN(C2CCN(C(C)C)CC2)C(CCO)C1. The van der Waals surface area contributed by atoms with Gasteiger partial charge in [-0.15, -0.1) is 0 Å². The molecule has 0 amide bonds. The molecule has 3 rings (SSSR count). The van der Waals surface area contributed by atoms with Crippen LogP contribution in [-0.2, 0) is 6.54 Å².